The van der Waals surface area contributed by atoms with Gasteiger partial charge in [0.2, 0.25) is 11.8 Å². The third-order valence-corrected chi connectivity index (χ3v) is 4.45. The molecule has 6 nitrogen and oxygen atoms in total. The summed E-state index contributed by atoms with van der Waals surface area (Å²) in [5, 5.41) is 3.89. The van der Waals surface area contributed by atoms with Crippen LogP contribution in [0.5, 0.6) is 0 Å². The van der Waals surface area contributed by atoms with Gasteiger partial charge in [-0.15, -0.1) is 0 Å². The first-order valence-corrected chi connectivity index (χ1v) is 8.11. The van der Waals surface area contributed by atoms with Gasteiger partial charge in [-0.2, -0.15) is 0 Å². The molecule has 6 heteroatoms. The molecule has 126 valence electrons. The summed E-state index contributed by atoms with van der Waals surface area (Å²) in [5.74, 6) is -0.131. The van der Waals surface area contributed by atoms with E-state index in [1.54, 1.807) is 11.9 Å². The fourth-order valence-corrected chi connectivity index (χ4v) is 2.93. The second-order valence-corrected chi connectivity index (χ2v) is 6.24. The molecule has 1 aromatic heterocycles. The number of likely N-dealkylation sites (N-methyl/N-ethyl adjacent to an activating group) is 1. The van der Waals surface area contributed by atoms with Crippen LogP contribution in [-0.4, -0.2) is 59.8 Å². The summed E-state index contributed by atoms with van der Waals surface area (Å²) in [6.07, 6.45) is 0.187. The van der Waals surface area contributed by atoms with E-state index >= 15 is 0 Å². The Bertz CT molecular complexity index is 762. The summed E-state index contributed by atoms with van der Waals surface area (Å²) in [6.45, 7) is 1.83. The number of benzene rings is 1. The van der Waals surface area contributed by atoms with E-state index in [1.165, 1.54) is 0 Å². The number of nitrogens with zero attached hydrogens (tertiary/aromatic N) is 3. The van der Waals surface area contributed by atoms with Gasteiger partial charge in [-0.1, -0.05) is 24.3 Å². The summed E-state index contributed by atoms with van der Waals surface area (Å²) < 4.78 is 0. The predicted molar refractivity (Wildman–Crippen MR) is 92.3 cm³/mol. The Morgan fingerprint density at radius 2 is 2.12 bits per heavy atom. The monoisotopic (exact) mass is 326 g/mol. The van der Waals surface area contributed by atoms with Crippen molar-refractivity contribution in [2.45, 2.75) is 19.0 Å². The fourth-order valence-electron chi connectivity index (χ4n) is 2.93. The minimum absolute atomic E-state index is 0.0566. The lowest BCUT2D eigenvalue weighted by molar-refractivity contribution is -0.137. The first-order chi connectivity index (χ1) is 11.5. The Kier molecular flexibility index (Phi) is 4.76. The van der Waals surface area contributed by atoms with Gasteiger partial charge in [-0.05, 0) is 19.2 Å². The molecule has 0 bridgehead atoms. The summed E-state index contributed by atoms with van der Waals surface area (Å²) in [5.41, 5.74) is 1.76. The average molecular weight is 326 g/mol. The van der Waals surface area contributed by atoms with E-state index in [9.17, 15) is 9.59 Å². The molecule has 1 atom stereocenters. The van der Waals surface area contributed by atoms with Crippen LogP contribution < -0.4 is 5.32 Å². The zero-order valence-electron chi connectivity index (χ0n) is 14.0. The largest absolute Gasteiger partial charge is 0.353 e. The van der Waals surface area contributed by atoms with Crippen LogP contribution in [0, 0.1) is 0 Å². The highest BCUT2D eigenvalue weighted by molar-refractivity contribution is 5.88. The molecule has 1 N–H and O–H groups in total. The Morgan fingerprint density at radius 3 is 2.92 bits per heavy atom. The second kappa shape index (κ2) is 6.97. The minimum Gasteiger partial charge on any atom is -0.353 e. The van der Waals surface area contributed by atoms with Crippen molar-refractivity contribution in [1.82, 2.24) is 20.1 Å². The Morgan fingerprint density at radius 1 is 1.33 bits per heavy atom. The van der Waals surface area contributed by atoms with Crippen molar-refractivity contribution in [2.24, 2.45) is 0 Å². The highest BCUT2D eigenvalue weighted by Gasteiger charge is 2.30. The van der Waals surface area contributed by atoms with Crippen LogP contribution in [0.15, 0.2) is 36.4 Å². The van der Waals surface area contributed by atoms with E-state index in [0.29, 0.717) is 13.1 Å². The minimum atomic E-state index is -0.390. The van der Waals surface area contributed by atoms with E-state index in [-0.39, 0.29) is 18.2 Å². The van der Waals surface area contributed by atoms with Crippen molar-refractivity contribution in [3.05, 3.63) is 42.1 Å². The van der Waals surface area contributed by atoms with Crippen LogP contribution in [0.25, 0.3) is 10.9 Å². The highest BCUT2D eigenvalue weighted by atomic mass is 16.2. The van der Waals surface area contributed by atoms with Crippen LogP contribution in [0.2, 0.25) is 0 Å². The molecular formula is C18H22N4O2. The Balaban J connectivity index is 1.65. The number of hydrogen-bond donors (Lipinski definition) is 1. The normalized spacial score (nSPS) is 18.4. The average Bonchev–Trinajstić information content (AvgIpc) is 2.58. The molecule has 0 aliphatic carbocycles. The molecule has 0 radical (unpaired) electrons. The van der Waals surface area contributed by atoms with Crippen molar-refractivity contribution in [3.8, 4) is 0 Å². The molecule has 1 aromatic carbocycles. The molecule has 1 fully saturated rings. The van der Waals surface area contributed by atoms with Gasteiger partial charge < -0.3 is 10.2 Å². The SMILES string of the molecule is CN(Cc1ccc2ccccc2n1)C(=O)CC1C(=O)NCCN1C. The summed E-state index contributed by atoms with van der Waals surface area (Å²) in [6, 6.07) is 11.5. The van der Waals surface area contributed by atoms with Crippen molar-refractivity contribution in [1.29, 1.82) is 0 Å². The predicted octanol–water partition coefficient (Wildman–Crippen LogP) is 1.01. The van der Waals surface area contributed by atoms with Crippen molar-refractivity contribution < 1.29 is 9.59 Å². The van der Waals surface area contributed by atoms with E-state index in [0.717, 1.165) is 23.1 Å². The standard InChI is InChI=1S/C18H22N4O2/c1-21-10-9-19-18(24)16(21)11-17(23)22(2)12-14-8-7-13-5-3-4-6-15(13)20-14/h3-8,16H,9-12H2,1-2H3,(H,19,24). The van der Waals surface area contributed by atoms with Crippen LogP contribution in [0.4, 0.5) is 0 Å². The van der Waals surface area contributed by atoms with Crippen LogP contribution in [0.3, 0.4) is 0 Å². The number of para-hydroxylation sites is 1. The first-order valence-electron chi connectivity index (χ1n) is 8.11. The maximum absolute atomic E-state index is 12.5. The number of carbonyl (C=O) groups is 2. The maximum Gasteiger partial charge on any atom is 0.237 e. The first kappa shape index (κ1) is 16.4. The zero-order chi connectivity index (χ0) is 17.1. The second-order valence-electron chi connectivity index (χ2n) is 6.24. The topological polar surface area (TPSA) is 65.5 Å². The smallest absolute Gasteiger partial charge is 0.237 e. The highest BCUT2D eigenvalue weighted by Crippen LogP contribution is 2.14. The van der Waals surface area contributed by atoms with Gasteiger partial charge in [0.1, 0.15) is 0 Å². The number of fused-ring (bicyclic) bond motifs is 1. The molecular weight excluding hydrogens is 304 g/mol. The number of hydrogen-bond acceptors (Lipinski definition) is 4. The van der Waals surface area contributed by atoms with Crippen LogP contribution in [-0.2, 0) is 16.1 Å². The molecule has 1 unspecified atom stereocenters. The van der Waals surface area contributed by atoms with Gasteiger partial charge in [0.25, 0.3) is 0 Å². The van der Waals surface area contributed by atoms with Gasteiger partial charge in [0, 0.05) is 25.5 Å². The molecule has 1 saturated heterocycles. The Hall–Kier alpha value is -2.47. The number of nitrogens with one attached hydrogen (secondary N) is 1. The lowest BCUT2D eigenvalue weighted by Crippen LogP contribution is -2.54. The molecule has 0 spiro atoms. The van der Waals surface area contributed by atoms with Gasteiger partial charge in [-0.25, -0.2) is 0 Å². The van der Waals surface area contributed by atoms with E-state index in [4.69, 9.17) is 0 Å². The van der Waals surface area contributed by atoms with Crippen LogP contribution >= 0.6 is 0 Å². The number of carbonyl (C=O) groups excluding carboxylic acids is 2. The summed E-state index contributed by atoms with van der Waals surface area (Å²) >= 11 is 0. The van der Waals surface area contributed by atoms with E-state index in [2.05, 4.69) is 10.3 Å². The molecule has 2 aromatic rings. The fraction of sp³-hybridized carbons (Fsp3) is 0.389. The molecule has 1 aliphatic rings. The number of pyridine rings is 1. The summed E-state index contributed by atoms with van der Waals surface area (Å²) in [4.78, 5) is 32.5. The zero-order valence-corrected chi connectivity index (χ0v) is 14.0. The van der Waals surface area contributed by atoms with Gasteiger partial charge in [-0.3, -0.25) is 19.5 Å². The third kappa shape index (κ3) is 3.54. The number of amides is 2. The molecule has 24 heavy (non-hydrogen) atoms. The summed E-state index contributed by atoms with van der Waals surface area (Å²) in [7, 11) is 3.63. The molecule has 2 amide bonds. The van der Waals surface area contributed by atoms with Crippen molar-refractivity contribution in [2.75, 3.05) is 27.2 Å². The van der Waals surface area contributed by atoms with E-state index < -0.39 is 6.04 Å². The maximum atomic E-state index is 12.5. The van der Waals surface area contributed by atoms with Crippen LogP contribution in [0.1, 0.15) is 12.1 Å². The molecule has 0 saturated carbocycles. The quantitative estimate of drug-likeness (QED) is 0.911. The van der Waals surface area contributed by atoms with Gasteiger partial charge in [0.15, 0.2) is 0 Å². The van der Waals surface area contributed by atoms with E-state index in [1.807, 2.05) is 48.3 Å². The van der Waals surface area contributed by atoms with Gasteiger partial charge >= 0.3 is 0 Å². The lowest BCUT2D eigenvalue weighted by atomic mass is 10.1. The van der Waals surface area contributed by atoms with Crippen molar-refractivity contribution in [3.63, 3.8) is 0 Å². The number of aromatic nitrogens is 1. The number of piperazine rings is 1. The number of rotatable bonds is 4. The lowest BCUT2D eigenvalue weighted by Gasteiger charge is -2.32. The van der Waals surface area contributed by atoms with Gasteiger partial charge in [0.05, 0.1) is 30.2 Å². The molecule has 3 rings (SSSR count). The van der Waals surface area contributed by atoms with Crippen molar-refractivity contribution >= 4 is 22.7 Å². The molecule has 1 aliphatic heterocycles. The molecule has 2 heterocycles. The third-order valence-electron chi connectivity index (χ3n) is 4.45. The Labute approximate surface area is 141 Å².